The van der Waals surface area contributed by atoms with Crippen LogP contribution >= 0.6 is 0 Å². The van der Waals surface area contributed by atoms with Crippen LogP contribution in [-0.4, -0.2) is 232 Å². The number of guanidine groups is 2. The third-order valence-electron chi connectivity index (χ3n) is 14.2. The van der Waals surface area contributed by atoms with Gasteiger partial charge in [0, 0.05) is 26.1 Å². The molecule has 0 unspecified atom stereocenters. The highest BCUT2D eigenvalue weighted by Gasteiger charge is 2.36. The first-order chi connectivity index (χ1) is 45.9. The van der Waals surface area contributed by atoms with Crippen molar-refractivity contribution in [3.8, 4) is 0 Å². The fraction of sp³-hybridized carbons (Fsp3) is 0.650. The monoisotopic (exact) mass is 1380 g/mol. The Hall–Kier alpha value is -9.33. The van der Waals surface area contributed by atoms with Crippen LogP contribution in [0.15, 0.2) is 40.3 Å². The first-order valence-electron chi connectivity index (χ1n) is 32.0. The smallest absolute Gasteiger partial charge is 0.322 e. The molecule has 0 bridgehead atoms. The topological polar surface area (TPSA) is 606 Å². The Bertz CT molecular complexity index is 2750. The van der Waals surface area contributed by atoms with Gasteiger partial charge in [0.1, 0.15) is 61.5 Å². The first kappa shape index (κ1) is 85.7. The van der Waals surface area contributed by atoms with E-state index in [0.717, 1.165) is 0 Å². The van der Waals surface area contributed by atoms with Gasteiger partial charge >= 0.3 is 5.97 Å². The Kier molecular flexibility index (Phi) is 42.7. The first-order valence-corrected chi connectivity index (χ1v) is 32.0. The number of aliphatic hydroxyl groups excluding tert-OH is 1. The summed E-state index contributed by atoms with van der Waals surface area (Å²) >= 11 is 0. The predicted molar refractivity (Wildman–Crippen MR) is 355 cm³/mol. The van der Waals surface area contributed by atoms with Crippen molar-refractivity contribution < 1.29 is 82.0 Å². The van der Waals surface area contributed by atoms with Crippen LogP contribution in [-0.2, 0) is 78.2 Å². The van der Waals surface area contributed by atoms with Crippen LogP contribution in [0.4, 0.5) is 0 Å². The number of aliphatic carboxylic acids is 1. The number of nitrogens with two attached hydrogens (primary N) is 6. The summed E-state index contributed by atoms with van der Waals surface area (Å²) in [6.07, 6.45) is -0.508. The molecule has 10 atom stereocenters. The number of nitrogens with one attached hydrogen (secondary N) is 12. The highest BCUT2D eigenvalue weighted by Crippen LogP contribution is 2.13. The van der Waals surface area contributed by atoms with Crippen molar-refractivity contribution in [2.75, 3.05) is 78.8 Å². The summed E-state index contributed by atoms with van der Waals surface area (Å²) in [4.78, 5) is 181. The second kappa shape index (κ2) is 48.4. The fourth-order valence-corrected chi connectivity index (χ4v) is 8.89. The minimum Gasteiger partial charge on any atom is -0.480 e. The molecule has 1 aromatic rings. The lowest BCUT2D eigenvalue weighted by molar-refractivity contribution is -0.138. The number of carboxylic acid groups (broad SMARTS) is 1. The summed E-state index contributed by atoms with van der Waals surface area (Å²) in [5.74, 6) is -12.8. The molecule has 546 valence electrons. The van der Waals surface area contributed by atoms with Crippen LogP contribution in [0.2, 0.25) is 0 Å². The zero-order chi connectivity index (χ0) is 73.0. The van der Waals surface area contributed by atoms with Crippen molar-refractivity contribution >= 4 is 88.8 Å². The van der Waals surface area contributed by atoms with Gasteiger partial charge in [0.25, 0.3) is 0 Å². The average Bonchev–Trinajstić information content (AvgIpc) is 0.888. The number of unbranched alkanes of at least 4 members (excludes halogenated alkanes) is 1. The maximum Gasteiger partial charge on any atom is 0.322 e. The van der Waals surface area contributed by atoms with Gasteiger partial charge in [0.15, 0.2) is 11.9 Å². The Labute approximate surface area is 563 Å². The predicted octanol–water partition coefficient (Wildman–Crippen LogP) is -7.62. The van der Waals surface area contributed by atoms with Crippen molar-refractivity contribution in [1.29, 1.82) is 0 Å². The molecule has 0 saturated heterocycles. The van der Waals surface area contributed by atoms with E-state index in [0.29, 0.717) is 38.0 Å². The van der Waals surface area contributed by atoms with Gasteiger partial charge in [-0.2, -0.15) is 0 Å². The number of carboxylic acids is 1. The van der Waals surface area contributed by atoms with Crippen LogP contribution in [0.3, 0.4) is 0 Å². The molecular weight excluding hydrogens is 1270 g/mol. The van der Waals surface area contributed by atoms with Crippen molar-refractivity contribution in [3.05, 3.63) is 35.9 Å². The molecule has 0 aliphatic rings. The molecule has 37 nitrogen and oxygen atoms in total. The number of carbonyl (C=O) groups is 13. The number of amides is 12. The van der Waals surface area contributed by atoms with E-state index in [1.807, 2.05) is 0 Å². The van der Waals surface area contributed by atoms with Gasteiger partial charge in [-0.3, -0.25) is 72.3 Å². The molecule has 0 aromatic heterocycles. The number of aliphatic imine (C=N–C) groups is 2. The highest BCUT2D eigenvalue weighted by atomic mass is 16.5. The number of rotatable bonds is 50. The van der Waals surface area contributed by atoms with Gasteiger partial charge in [-0.05, 0) is 89.2 Å². The van der Waals surface area contributed by atoms with E-state index in [4.69, 9.17) is 49.0 Å². The van der Waals surface area contributed by atoms with E-state index in [-0.39, 0.29) is 102 Å². The maximum absolute atomic E-state index is 14.5. The molecule has 0 fully saturated rings. The van der Waals surface area contributed by atoms with Crippen LogP contribution in [0, 0.1) is 11.8 Å². The normalized spacial score (nSPS) is 14.0. The molecule has 1 rings (SSSR count). The lowest BCUT2D eigenvalue weighted by Gasteiger charge is -2.28. The number of nitrogens with zero attached hydrogens (tertiary/aromatic N) is 2. The minimum absolute atomic E-state index is 0.0130. The van der Waals surface area contributed by atoms with E-state index in [9.17, 15) is 67.4 Å². The Morgan fingerprint density at radius 3 is 1.52 bits per heavy atom. The molecule has 0 saturated carbocycles. The summed E-state index contributed by atoms with van der Waals surface area (Å²) in [6.45, 7) is 7.62. The summed E-state index contributed by atoms with van der Waals surface area (Å²) in [6, 6.07) is -2.78. The van der Waals surface area contributed by atoms with Crippen LogP contribution in [0.1, 0.15) is 105 Å². The molecule has 0 aliphatic carbocycles. The van der Waals surface area contributed by atoms with Crippen molar-refractivity contribution in [2.45, 2.75) is 160 Å². The van der Waals surface area contributed by atoms with Gasteiger partial charge in [-0.1, -0.05) is 64.4 Å². The van der Waals surface area contributed by atoms with Gasteiger partial charge < -0.3 is 118 Å². The summed E-state index contributed by atoms with van der Waals surface area (Å²) in [5, 5.41) is 49.4. The molecule has 0 spiro atoms. The van der Waals surface area contributed by atoms with Crippen LogP contribution < -0.4 is 98.2 Å². The minimum atomic E-state index is -1.77. The number of carbonyl (C=O) groups excluding carboxylic acids is 12. The fourth-order valence-electron chi connectivity index (χ4n) is 8.89. The number of ether oxygens (including phenoxy) is 2. The summed E-state index contributed by atoms with van der Waals surface area (Å²) in [5.41, 5.74) is 33.6. The van der Waals surface area contributed by atoms with E-state index < -0.39 is 163 Å². The molecule has 12 amide bonds. The molecule has 0 radical (unpaired) electrons. The van der Waals surface area contributed by atoms with Gasteiger partial charge in [-0.25, -0.2) is 0 Å². The van der Waals surface area contributed by atoms with Crippen molar-refractivity contribution in [3.63, 3.8) is 0 Å². The Morgan fingerprint density at radius 2 is 0.959 bits per heavy atom. The largest absolute Gasteiger partial charge is 0.480 e. The Morgan fingerprint density at radius 1 is 0.474 bits per heavy atom. The highest BCUT2D eigenvalue weighted by molar-refractivity contribution is 5.99. The van der Waals surface area contributed by atoms with Gasteiger partial charge in [0.05, 0.1) is 45.6 Å². The Balaban J connectivity index is 3.43. The quantitative estimate of drug-likeness (QED) is 0.0164. The zero-order valence-electron chi connectivity index (χ0n) is 56.2. The molecule has 97 heavy (non-hydrogen) atoms. The summed E-state index contributed by atoms with van der Waals surface area (Å²) < 4.78 is 10.4. The molecular formula is C60H104N20O17. The van der Waals surface area contributed by atoms with E-state index in [1.165, 1.54) is 13.8 Å². The van der Waals surface area contributed by atoms with E-state index >= 15 is 0 Å². The standard InChI is InChI=1S/C60H104N20O17/c1-7-35(4)49(79-53(90)40(18-13-22-67-59(63)64)74-45(83)30-69-47(85)33-97-26-25-96-24-21-62)57(94)72-31-46(84)75-43(28-38-15-9-8-10-16-38)56(93)78-42(27-34(2)3)55(92)77-41(19-14-23-68-60(65)66)54(91)80-50(37(6)81)58(95)73-36(5)51(88)76-39(17-11-12-20-61)52(89)71-29-44(82)70-32-48(86)87/h8-10,15-16,34-37,39-43,49-50,81H,7,11-14,17-33,61-62H2,1-6H3,(H,69,85)(H,70,82)(H,71,89)(H,72,94)(H,73,95)(H,74,83)(H,75,84)(H,76,88)(H,77,92)(H,78,93)(H,79,90)(H,80,91)(H,86,87)(H4,63,64,67)(H4,65,66,68)/t35-,36-,37+,39-,40-,41-,42-,43-,49-,50-/m0/s1. The average molecular weight is 1380 g/mol. The van der Waals surface area contributed by atoms with E-state index in [2.05, 4.69) is 73.8 Å². The number of benzene rings is 1. The van der Waals surface area contributed by atoms with Crippen LogP contribution in [0.25, 0.3) is 0 Å². The van der Waals surface area contributed by atoms with Gasteiger partial charge in [-0.15, -0.1) is 0 Å². The second-order valence-electron chi connectivity index (χ2n) is 23.1. The number of hydrogen-bond donors (Lipinski definition) is 20. The summed E-state index contributed by atoms with van der Waals surface area (Å²) in [7, 11) is 0. The van der Waals surface area contributed by atoms with E-state index in [1.54, 1.807) is 58.0 Å². The van der Waals surface area contributed by atoms with Crippen molar-refractivity contribution in [2.24, 2.45) is 56.2 Å². The number of aliphatic hydroxyl groups is 1. The third kappa shape index (κ3) is 38.1. The van der Waals surface area contributed by atoms with Gasteiger partial charge in [0.2, 0.25) is 70.9 Å². The lowest BCUT2D eigenvalue weighted by Crippen LogP contribution is -2.61. The lowest BCUT2D eigenvalue weighted by atomic mass is 9.97. The molecule has 37 heteroatoms. The molecule has 1 aromatic carbocycles. The molecule has 0 aliphatic heterocycles. The molecule has 26 N–H and O–H groups in total. The third-order valence-corrected chi connectivity index (χ3v) is 14.2. The molecule has 0 heterocycles. The second-order valence-corrected chi connectivity index (χ2v) is 23.1. The maximum atomic E-state index is 14.5. The number of hydrogen-bond acceptors (Lipinski definition) is 20. The zero-order valence-corrected chi connectivity index (χ0v) is 56.2. The van der Waals surface area contributed by atoms with Crippen LogP contribution in [0.5, 0.6) is 0 Å². The SMILES string of the molecule is CC[C@H](C)[C@H](NC(=O)[C@H](CCCN=C(N)N)NC(=O)CNC(=O)COCCOCCN)C(=O)NCC(=O)N[C@@H](Cc1ccccc1)C(=O)N[C@@H](CC(C)C)C(=O)N[C@@H](CCCN=C(N)N)C(=O)N[C@H](C(=O)N[C@@H](C)C(=O)N[C@@H](CCCCN)C(=O)NCC(=O)NCC(=O)O)[C@@H](C)O. The van der Waals surface area contributed by atoms with Crippen molar-refractivity contribution in [1.82, 2.24) is 63.8 Å².